The molecule has 1 aromatic carbocycles. The van der Waals surface area contributed by atoms with Gasteiger partial charge in [-0.15, -0.1) is 0 Å². The van der Waals surface area contributed by atoms with Crippen LogP contribution in [0.5, 0.6) is 0 Å². The third-order valence-corrected chi connectivity index (χ3v) is 4.15. The number of fused-ring (bicyclic) bond motifs is 1. The van der Waals surface area contributed by atoms with Crippen molar-refractivity contribution in [3.63, 3.8) is 0 Å². The van der Waals surface area contributed by atoms with Crippen LogP contribution in [0.25, 0.3) is 10.8 Å². The molecule has 1 fully saturated rings. The van der Waals surface area contributed by atoms with Crippen molar-refractivity contribution in [2.45, 2.75) is 13.5 Å². The standard InChI is InChI=1S/C16H21N3O/c1-2-18-7-9-19(10-8-18)16-15-6-4-3-5-14(15)13(12-20)11-17-16/h3-6,11,20H,2,7-10,12H2,1H3. The molecule has 0 saturated carbocycles. The Morgan fingerprint density at radius 3 is 2.45 bits per heavy atom. The van der Waals surface area contributed by atoms with Crippen LogP contribution in [0.2, 0.25) is 0 Å². The first-order valence-electron chi connectivity index (χ1n) is 7.28. The Labute approximate surface area is 119 Å². The lowest BCUT2D eigenvalue weighted by Crippen LogP contribution is -2.46. The Kier molecular flexibility index (Phi) is 3.85. The molecule has 0 unspecified atom stereocenters. The molecule has 1 aliphatic rings. The lowest BCUT2D eigenvalue weighted by molar-refractivity contribution is 0.270. The van der Waals surface area contributed by atoms with E-state index >= 15 is 0 Å². The highest BCUT2D eigenvalue weighted by atomic mass is 16.3. The molecule has 2 aromatic rings. The number of nitrogens with zero attached hydrogens (tertiary/aromatic N) is 3. The Balaban J connectivity index is 1.96. The average Bonchev–Trinajstić information content (AvgIpc) is 2.54. The molecule has 2 heterocycles. The summed E-state index contributed by atoms with van der Waals surface area (Å²) in [5.74, 6) is 1.05. The molecule has 0 aliphatic carbocycles. The minimum absolute atomic E-state index is 0.0391. The normalized spacial score (nSPS) is 16.8. The molecule has 0 radical (unpaired) electrons. The Bertz CT molecular complexity index is 591. The number of aliphatic hydroxyl groups excluding tert-OH is 1. The predicted molar refractivity (Wildman–Crippen MR) is 82.0 cm³/mol. The molecule has 0 spiro atoms. The third kappa shape index (κ3) is 2.37. The number of piperazine rings is 1. The number of aliphatic hydroxyl groups is 1. The molecule has 4 heteroatoms. The molecule has 1 aromatic heterocycles. The summed E-state index contributed by atoms with van der Waals surface area (Å²) in [6.45, 7) is 7.58. The summed E-state index contributed by atoms with van der Waals surface area (Å²) in [6.07, 6.45) is 1.81. The van der Waals surface area contributed by atoms with Crippen LogP contribution in [0.3, 0.4) is 0 Å². The smallest absolute Gasteiger partial charge is 0.136 e. The van der Waals surface area contributed by atoms with E-state index in [0.717, 1.165) is 54.9 Å². The van der Waals surface area contributed by atoms with Crippen molar-refractivity contribution in [3.05, 3.63) is 36.0 Å². The van der Waals surface area contributed by atoms with Crippen LogP contribution >= 0.6 is 0 Å². The zero-order chi connectivity index (χ0) is 13.9. The summed E-state index contributed by atoms with van der Waals surface area (Å²) < 4.78 is 0. The van der Waals surface area contributed by atoms with Gasteiger partial charge in [-0.3, -0.25) is 0 Å². The van der Waals surface area contributed by atoms with Gasteiger partial charge in [0.15, 0.2) is 0 Å². The largest absolute Gasteiger partial charge is 0.392 e. The number of hydrogen-bond acceptors (Lipinski definition) is 4. The van der Waals surface area contributed by atoms with Crippen molar-refractivity contribution in [2.75, 3.05) is 37.6 Å². The van der Waals surface area contributed by atoms with Gasteiger partial charge in [0.25, 0.3) is 0 Å². The second kappa shape index (κ2) is 5.77. The number of likely N-dealkylation sites (N-methyl/N-ethyl adjacent to an activating group) is 1. The maximum absolute atomic E-state index is 9.44. The molecule has 0 amide bonds. The number of anilines is 1. The summed E-state index contributed by atoms with van der Waals surface area (Å²) in [4.78, 5) is 9.42. The van der Waals surface area contributed by atoms with Crippen LogP contribution in [-0.4, -0.2) is 47.7 Å². The van der Waals surface area contributed by atoms with E-state index in [1.54, 1.807) is 0 Å². The molecule has 1 aliphatic heterocycles. The van der Waals surface area contributed by atoms with Crippen LogP contribution in [-0.2, 0) is 6.61 Å². The Morgan fingerprint density at radius 2 is 1.80 bits per heavy atom. The summed E-state index contributed by atoms with van der Waals surface area (Å²) in [5, 5.41) is 11.7. The molecule has 4 nitrogen and oxygen atoms in total. The number of aromatic nitrogens is 1. The van der Waals surface area contributed by atoms with E-state index in [1.165, 1.54) is 0 Å². The van der Waals surface area contributed by atoms with Gasteiger partial charge in [-0.05, 0) is 11.9 Å². The maximum atomic E-state index is 9.44. The van der Waals surface area contributed by atoms with E-state index < -0.39 is 0 Å². The topological polar surface area (TPSA) is 39.6 Å². The van der Waals surface area contributed by atoms with Crippen LogP contribution < -0.4 is 4.90 Å². The highest BCUT2D eigenvalue weighted by Crippen LogP contribution is 2.27. The Morgan fingerprint density at radius 1 is 1.10 bits per heavy atom. The second-order valence-corrected chi connectivity index (χ2v) is 5.23. The molecule has 0 bridgehead atoms. The zero-order valence-electron chi connectivity index (χ0n) is 11.9. The van der Waals surface area contributed by atoms with Gasteiger partial charge in [-0.1, -0.05) is 31.2 Å². The van der Waals surface area contributed by atoms with E-state index in [2.05, 4.69) is 33.8 Å². The van der Waals surface area contributed by atoms with Crippen molar-refractivity contribution in [2.24, 2.45) is 0 Å². The first-order chi connectivity index (χ1) is 9.83. The molecular weight excluding hydrogens is 250 g/mol. The van der Waals surface area contributed by atoms with Crippen LogP contribution in [0.4, 0.5) is 5.82 Å². The van der Waals surface area contributed by atoms with E-state index in [0.29, 0.717) is 0 Å². The number of pyridine rings is 1. The van der Waals surface area contributed by atoms with Gasteiger partial charge in [0.05, 0.1) is 6.61 Å². The van der Waals surface area contributed by atoms with E-state index in [4.69, 9.17) is 0 Å². The van der Waals surface area contributed by atoms with Crippen LogP contribution in [0.1, 0.15) is 12.5 Å². The minimum Gasteiger partial charge on any atom is -0.392 e. The van der Waals surface area contributed by atoms with Crippen LogP contribution in [0, 0.1) is 0 Å². The maximum Gasteiger partial charge on any atom is 0.136 e. The summed E-state index contributed by atoms with van der Waals surface area (Å²) in [6, 6.07) is 8.22. The highest BCUT2D eigenvalue weighted by Gasteiger charge is 2.19. The van der Waals surface area contributed by atoms with Crippen molar-refractivity contribution in [1.29, 1.82) is 0 Å². The summed E-state index contributed by atoms with van der Waals surface area (Å²) in [5.41, 5.74) is 0.900. The van der Waals surface area contributed by atoms with Gasteiger partial charge in [-0.25, -0.2) is 4.98 Å². The first kappa shape index (κ1) is 13.3. The monoisotopic (exact) mass is 271 g/mol. The summed E-state index contributed by atoms with van der Waals surface area (Å²) >= 11 is 0. The summed E-state index contributed by atoms with van der Waals surface area (Å²) in [7, 11) is 0. The molecular formula is C16H21N3O. The predicted octanol–water partition coefficient (Wildman–Crippen LogP) is 1.87. The van der Waals surface area contributed by atoms with Crippen LogP contribution in [0.15, 0.2) is 30.5 Å². The Hall–Kier alpha value is -1.65. The lowest BCUT2D eigenvalue weighted by atomic mass is 10.1. The van der Waals surface area contributed by atoms with Gasteiger partial charge in [0, 0.05) is 43.3 Å². The van der Waals surface area contributed by atoms with Crippen molar-refractivity contribution in [1.82, 2.24) is 9.88 Å². The average molecular weight is 271 g/mol. The fourth-order valence-corrected chi connectivity index (χ4v) is 2.89. The van der Waals surface area contributed by atoms with E-state index in [1.807, 2.05) is 18.3 Å². The minimum atomic E-state index is 0.0391. The first-order valence-corrected chi connectivity index (χ1v) is 7.28. The molecule has 20 heavy (non-hydrogen) atoms. The number of rotatable bonds is 3. The van der Waals surface area contributed by atoms with Gasteiger partial charge < -0.3 is 14.9 Å². The third-order valence-electron chi connectivity index (χ3n) is 4.15. The SMILES string of the molecule is CCN1CCN(c2ncc(CO)c3ccccc23)CC1. The second-order valence-electron chi connectivity index (χ2n) is 5.23. The molecule has 1 saturated heterocycles. The zero-order valence-corrected chi connectivity index (χ0v) is 11.9. The van der Waals surface area contributed by atoms with Crippen molar-refractivity contribution < 1.29 is 5.11 Å². The quantitative estimate of drug-likeness (QED) is 0.925. The van der Waals surface area contributed by atoms with Gasteiger partial charge in [-0.2, -0.15) is 0 Å². The van der Waals surface area contributed by atoms with Crippen molar-refractivity contribution in [3.8, 4) is 0 Å². The number of benzene rings is 1. The van der Waals surface area contributed by atoms with E-state index in [-0.39, 0.29) is 6.61 Å². The van der Waals surface area contributed by atoms with Gasteiger partial charge in [0.2, 0.25) is 0 Å². The molecule has 106 valence electrons. The highest BCUT2D eigenvalue weighted by molar-refractivity contribution is 5.94. The fraction of sp³-hybridized carbons (Fsp3) is 0.438. The van der Waals surface area contributed by atoms with Crippen molar-refractivity contribution >= 4 is 16.6 Å². The van der Waals surface area contributed by atoms with Gasteiger partial charge in [0.1, 0.15) is 5.82 Å². The number of hydrogen-bond donors (Lipinski definition) is 1. The lowest BCUT2D eigenvalue weighted by Gasteiger charge is -2.35. The van der Waals surface area contributed by atoms with Gasteiger partial charge >= 0.3 is 0 Å². The fourth-order valence-electron chi connectivity index (χ4n) is 2.89. The molecule has 1 N–H and O–H groups in total. The molecule has 0 atom stereocenters. The van der Waals surface area contributed by atoms with E-state index in [9.17, 15) is 5.11 Å². The molecule has 3 rings (SSSR count).